The van der Waals surface area contributed by atoms with E-state index in [0.29, 0.717) is 0 Å². The van der Waals surface area contributed by atoms with Gasteiger partial charge < -0.3 is 23.9 Å². The topological polar surface area (TPSA) is 0 Å². The van der Waals surface area contributed by atoms with Gasteiger partial charge in [0.2, 0.25) is 0 Å². The van der Waals surface area contributed by atoms with Crippen LogP contribution in [0.3, 0.4) is 0 Å². The van der Waals surface area contributed by atoms with E-state index >= 15 is 0 Å². The molecule has 0 saturated heterocycles. The summed E-state index contributed by atoms with van der Waals surface area (Å²) in [6, 6.07) is 0. The molecule has 0 spiro atoms. The smallest absolute Gasteiger partial charge is 1.00 e. The van der Waals surface area contributed by atoms with E-state index in [4.69, 9.17) is 0 Å². The number of hydrogen-bond acceptors (Lipinski definition) is 0. The van der Waals surface area contributed by atoms with E-state index in [1.165, 1.54) is 25.7 Å². The Hall–Kier alpha value is 1.10. The van der Waals surface area contributed by atoms with Gasteiger partial charge >= 0.3 is 19.5 Å². The van der Waals surface area contributed by atoms with Gasteiger partial charge in [-0.05, 0) is 0 Å². The van der Waals surface area contributed by atoms with Gasteiger partial charge in [0.05, 0.1) is 0 Å². The van der Waals surface area contributed by atoms with E-state index in [-0.39, 0.29) is 36.5 Å². The normalized spacial score (nSPS) is 7.33. The molecule has 0 fully saturated rings. The molecule has 52 valence electrons. The first kappa shape index (κ1) is 16.6. The van der Waals surface area contributed by atoms with Crippen molar-refractivity contribution in [2.75, 3.05) is 0 Å². The summed E-state index contributed by atoms with van der Waals surface area (Å²) in [5.41, 5.74) is 0. The summed E-state index contributed by atoms with van der Waals surface area (Å²) in [5, 5.41) is 0. The van der Waals surface area contributed by atoms with Crippen LogP contribution in [0.25, 0.3) is 0 Å². The fraction of sp³-hybridized carbons (Fsp3) is 0.857. The fourth-order valence-electron chi connectivity index (χ4n) is 0.604. The molecule has 0 aromatic rings. The summed E-state index contributed by atoms with van der Waals surface area (Å²) in [4.78, 5) is 0. The molecule has 0 nitrogen and oxygen atoms in total. The monoisotopic (exact) mass is 242 g/mol. The Balaban J connectivity index is -0.000000180. The SMILES string of the molecule is [Br-].[CH2-]CCCCCC.[Zn+2]. The van der Waals surface area contributed by atoms with E-state index in [1.807, 2.05) is 0 Å². The molecule has 0 aliphatic rings. The molecular formula is C7H15BrZn. The molecule has 0 atom stereocenters. The van der Waals surface area contributed by atoms with Gasteiger partial charge in [0, 0.05) is 0 Å². The minimum absolute atomic E-state index is 0. The van der Waals surface area contributed by atoms with E-state index < -0.39 is 0 Å². The Labute approximate surface area is 82.3 Å². The molecule has 2 heteroatoms. The molecule has 0 aliphatic heterocycles. The third kappa shape index (κ3) is 17.6. The van der Waals surface area contributed by atoms with Crippen molar-refractivity contribution in [2.24, 2.45) is 0 Å². The largest absolute Gasteiger partial charge is 2.00 e. The Morgan fingerprint density at radius 3 is 2.00 bits per heavy atom. The second kappa shape index (κ2) is 16.0. The van der Waals surface area contributed by atoms with Gasteiger partial charge in [-0.2, -0.15) is 6.42 Å². The summed E-state index contributed by atoms with van der Waals surface area (Å²) >= 11 is 0. The number of hydrogen-bond donors (Lipinski definition) is 0. The second-order valence-corrected chi connectivity index (χ2v) is 1.91. The molecule has 9 heavy (non-hydrogen) atoms. The third-order valence-corrected chi connectivity index (χ3v) is 1.10. The average Bonchev–Trinajstić information content (AvgIpc) is 1.69. The van der Waals surface area contributed by atoms with Crippen LogP contribution in [0.1, 0.15) is 39.0 Å². The first-order valence-electron chi connectivity index (χ1n) is 3.21. The van der Waals surface area contributed by atoms with Gasteiger partial charge in [-0.1, -0.05) is 32.6 Å². The van der Waals surface area contributed by atoms with Gasteiger partial charge in [-0.3, -0.25) is 0 Å². The Morgan fingerprint density at radius 2 is 1.67 bits per heavy atom. The first-order chi connectivity index (χ1) is 3.41. The molecule has 0 aromatic heterocycles. The average molecular weight is 244 g/mol. The van der Waals surface area contributed by atoms with Crippen molar-refractivity contribution in [1.29, 1.82) is 0 Å². The van der Waals surface area contributed by atoms with Gasteiger partial charge in [0.1, 0.15) is 0 Å². The predicted molar refractivity (Wildman–Crippen MR) is 34.1 cm³/mol. The van der Waals surface area contributed by atoms with Crippen molar-refractivity contribution in [3.05, 3.63) is 6.92 Å². The molecule has 0 heterocycles. The molecule has 0 aromatic carbocycles. The van der Waals surface area contributed by atoms with E-state index in [9.17, 15) is 0 Å². The van der Waals surface area contributed by atoms with Gasteiger partial charge in [-0.15, -0.1) is 0 Å². The Morgan fingerprint density at radius 1 is 1.11 bits per heavy atom. The van der Waals surface area contributed by atoms with E-state index in [0.717, 1.165) is 6.42 Å². The van der Waals surface area contributed by atoms with Crippen molar-refractivity contribution in [1.82, 2.24) is 0 Å². The molecule has 0 bridgehead atoms. The maximum atomic E-state index is 3.76. The molecule has 0 saturated carbocycles. The van der Waals surface area contributed by atoms with Crippen LogP contribution in [0, 0.1) is 6.92 Å². The summed E-state index contributed by atoms with van der Waals surface area (Å²) in [5.74, 6) is 0. The zero-order valence-corrected chi connectivity index (χ0v) is 10.9. The molecule has 0 radical (unpaired) electrons. The zero-order chi connectivity index (χ0) is 5.54. The third-order valence-electron chi connectivity index (χ3n) is 1.10. The van der Waals surface area contributed by atoms with Crippen LogP contribution < -0.4 is 17.0 Å². The fourth-order valence-corrected chi connectivity index (χ4v) is 0.604. The van der Waals surface area contributed by atoms with Gasteiger partial charge in [0.15, 0.2) is 0 Å². The van der Waals surface area contributed by atoms with E-state index in [2.05, 4.69) is 13.8 Å². The van der Waals surface area contributed by atoms with Crippen molar-refractivity contribution < 1.29 is 36.5 Å². The van der Waals surface area contributed by atoms with Gasteiger partial charge in [0.25, 0.3) is 0 Å². The van der Waals surface area contributed by atoms with Crippen molar-refractivity contribution in [3.8, 4) is 0 Å². The van der Waals surface area contributed by atoms with Crippen LogP contribution in [-0.4, -0.2) is 0 Å². The predicted octanol–water partition coefficient (Wildman–Crippen LogP) is -0.208. The van der Waals surface area contributed by atoms with Gasteiger partial charge in [-0.25, -0.2) is 0 Å². The standard InChI is InChI=1S/C7H15.BrH.Zn/c1-3-5-7-6-4-2;;/h1,3-7H2,2H3;1H;/q-1;;+2/p-1. The Bertz CT molecular complexity index is 28.1. The zero-order valence-electron chi connectivity index (χ0n) is 6.33. The molecule has 0 N–H and O–H groups in total. The molecule has 0 rings (SSSR count). The number of unbranched alkanes of at least 4 members (excludes halogenated alkanes) is 4. The quantitative estimate of drug-likeness (QED) is 0.365. The molecule has 0 aliphatic carbocycles. The summed E-state index contributed by atoms with van der Waals surface area (Å²) in [6.45, 7) is 5.98. The number of halogens is 1. The summed E-state index contributed by atoms with van der Waals surface area (Å²) in [7, 11) is 0. The van der Waals surface area contributed by atoms with Crippen LogP contribution in [0.2, 0.25) is 0 Å². The van der Waals surface area contributed by atoms with Crippen LogP contribution in [0.5, 0.6) is 0 Å². The van der Waals surface area contributed by atoms with Crippen LogP contribution in [0.15, 0.2) is 0 Å². The van der Waals surface area contributed by atoms with Crippen molar-refractivity contribution in [3.63, 3.8) is 0 Å². The van der Waals surface area contributed by atoms with Crippen molar-refractivity contribution >= 4 is 0 Å². The van der Waals surface area contributed by atoms with Crippen molar-refractivity contribution in [2.45, 2.75) is 39.0 Å². The molecule has 0 unspecified atom stereocenters. The first-order valence-corrected chi connectivity index (χ1v) is 3.21. The summed E-state index contributed by atoms with van der Waals surface area (Å²) in [6.07, 6.45) is 6.52. The maximum Gasteiger partial charge on any atom is 2.00 e. The molecular weight excluding hydrogens is 229 g/mol. The van der Waals surface area contributed by atoms with Crippen LogP contribution in [-0.2, 0) is 19.5 Å². The Kier molecular flexibility index (Phi) is 29.6. The van der Waals surface area contributed by atoms with Crippen LogP contribution in [0.4, 0.5) is 0 Å². The second-order valence-electron chi connectivity index (χ2n) is 1.91. The maximum absolute atomic E-state index is 3.76. The molecule has 0 amide bonds. The minimum Gasteiger partial charge on any atom is -1.00 e. The minimum atomic E-state index is 0. The summed E-state index contributed by atoms with van der Waals surface area (Å²) < 4.78 is 0. The van der Waals surface area contributed by atoms with Crippen LogP contribution >= 0.6 is 0 Å². The number of rotatable bonds is 4. The van der Waals surface area contributed by atoms with E-state index in [1.54, 1.807) is 0 Å².